The third-order valence-electron chi connectivity index (χ3n) is 6.14. The number of ether oxygens (including phenoxy) is 1. The number of hydrogen-bond acceptors (Lipinski definition) is 7. The van der Waals surface area contributed by atoms with E-state index in [1.165, 1.54) is 22.3 Å². The predicted octanol–water partition coefficient (Wildman–Crippen LogP) is 2.33. The minimum absolute atomic E-state index is 0.684. The first-order valence-corrected chi connectivity index (χ1v) is 10.2. The van der Waals surface area contributed by atoms with E-state index in [4.69, 9.17) is 14.7 Å². The van der Waals surface area contributed by atoms with Crippen LogP contribution in [0.5, 0.6) is 5.88 Å². The van der Waals surface area contributed by atoms with Gasteiger partial charge in [0.05, 0.1) is 12.2 Å². The highest BCUT2D eigenvalue weighted by Gasteiger charge is 2.29. The van der Waals surface area contributed by atoms with Gasteiger partial charge in [-0.3, -0.25) is 9.97 Å². The van der Waals surface area contributed by atoms with E-state index >= 15 is 0 Å². The normalized spacial score (nSPS) is 17.4. The molecule has 0 saturated heterocycles. The minimum Gasteiger partial charge on any atom is -0.477 e. The first-order valence-electron chi connectivity index (χ1n) is 10.2. The van der Waals surface area contributed by atoms with Crippen molar-refractivity contribution < 1.29 is 4.74 Å². The van der Waals surface area contributed by atoms with Crippen LogP contribution >= 0.6 is 0 Å². The van der Waals surface area contributed by atoms with E-state index in [9.17, 15) is 0 Å². The van der Waals surface area contributed by atoms with Crippen LogP contribution in [0.1, 0.15) is 27.8 Å². The summed E-state index contributed by atoms with van der Waals surface area (Å²) in [4.78, 5) is 23.0. The number of rotatable bonds is 2. The van der Waals surface area contributed by atoms with Crippen LogP contribution in [0.2, 0.25) is 0 Å². The number of fused-ring (bicyclic) bond motifs is 3. The highest BCUT2D eigenvalue weighted by Crippen LogP contribution is 2.36. The summed E-state index contributed by atoms with van der Waals surface area (Å²) >= 11 is 0. The summed E-state index contributed by atoms with van der Waals surface area (Å²) in [5.41, 5.74) is 6.44. The lowest BCUT2D eigenvalue weighted by Crippen LogP contribution is -2.34. The summed E-state index contributed by atoms with van der Waals surface area (Å²) in [6.45, 7) is 4.19. The Morgan fingerprint density at radius 2 is 1.45 bits per heavy atom. The lowest BCUT2D eigenvalue weighted by atomic mass is 10.0. The molecule has 3 aliphatic heterocycles. The second-order valence-electron chi connectivity index (χ2n) is 7.86. The minimum atomic E-state index is 0.684. The van der Waals surface area contributed by atoms with Gasteiger partial charge in [0.15, 0.2) is 0 Å². The molecule has 6 heterocycles. The molecular weight excluding hydrogens is 364 g/mol. The second kappa shape index (κ2) is 6.69. The lowest BCUT2D eigenvalue weighted by molar-refractivity contribution is 0.344. The molecule has 3 aromatic heterocycles. The number of pyridine rings is 2. The third kappa shape index (κ3) is 2.88. The Balaban J connectivity index is 1.36. The van der Waals surface area contributed by atoms with E-state index in [1.807, 2.05) is 24.8 Å². The lowest BCUT2D eigenvalue weighted by Gasteiger charge is -2.33. The van der Waals surface area contributed by atoms with Crippen molar-refractivity contribution in [3.8, 4) is 5.88 Å². The van der Waals surface area contributed by atoms with E-state index < -0.39 is 0 Å². The van der Waals surface area contributed by atoms with Crippen molar-refractivity contribution in [2.45, 2.75) is 32.4 Å². The fourth-order valence-electron chi connectivity index (χ4n) is 4.53. The highest BCUT2D eigenvalue weighted by atomic mass is 16.5. The summed E-state index contributed by atoms with van der Waals surface area (Å²) < 4.78 is 5.88. The van der Waals surface area contributed by atoms with Crippen LogP contribution in [0.25, 0.3) is 0 Å². The highest BCUT2D eigenvalue weighted by molar-refractivity contribution is 5.58. The summed E-state index contributed by atoms with van der Waals surface area (Å²) in [6.07, 6.45) is 10.5. The molecule has 0 spiro atoms. The second-order valence-corrected chi connectivity index (χ2v) is 7.86. The fourth-order valence-corrected chi connectivity index (χ4v) is 4.53. The molecule has 0 unspecified atom stereocenters. The number of nitrogens with zero attached hydrogens (tertiary/aromatic N) is 6. The van der Waals surface area contributed by atoms with Gasteiger partial charge in [-0.25, -0.2) is 0 Å². The van der Waals surface area contributed by atoms with Gasteiger partial charge < -0.3 is 14.5 Å². The predicted molar refractivity (Wildman–Crippen MR) is 109 cm³/mol. The molecule has 146 valence electrons. The fraction of sp³-hybridized carbons (Fsp3) is 0.364. The van der Waals surface area contributed by atoms with Crippen LogP contribution in [-0.4, -0.2) is 39.6 Å². The molecule has 0 aliphatic carbocycles. The van der Waals surface area contributed by atoms with Gasteiger partial charge in [-0.15, -0.1) is 0 Å². The molecular formula is C22H22N6O. The van der Waals surface area contributed by atoms with E-state index in [0.717, 1.165) is 68.7 Å². The Labute approximate surface area is 169 Å². The summed E-state index contributed by atoms with van der Waals surface area (Å²) in [5, 5.41) is 0. The van der Waals surface area contributed by atoms with E-state index in [0.29, 0.717) is 6.61 Å². The van der Waals surface area contributed by atoms with Gasteiger partial charge in [0, 0.05) is 57.4 Å². The molecule has 29 heavy (non-hydrogen) atoms. The molecule has 0 atom stereocenters. The largest absolute Gasteiger partial charge is 0.477 e. The molecule has 0 N–H and O–H groups in total. The van der Waals surface area contributed by atoms with Crippen molar-refractivity contribution in [1.29, 1.82) is 0 Å². The van der Waals surface area contributed by atoms with Gasteiger partial charge in [0.25, 0.3) is 0 Å². The van der Waals surface area contributed by atoms with Crippen LogP contribution in [0.15, 0.2) is 36.9 Å². The van der Waals surface area contributed by atoms with Gasteiger partial charge >= 0.3 is 0 Å². The molecule has 0 fully saturated rings. The first-order chi connectivity index (χ1) is 14.3. The van der Waals surface area contributed by atoms with Crippen molar-refractivity contribution >= 4 is 11.8 Å². The maximum Gasteiger partial charge on any atom is 0.230 e. The smallest absolute Gasteiger partial charge is 0.230 e. The van der Waals surface area contributed by atoms with Crippen molar-refractivity contribution in [2.24, 2.45) is 0 Å². The Morgan fingerprint density at radius 3 is 2.21 bits per heavy atom. The maximum absolute atomic E-state index is 5.88. The summed E-state index contributed by atoms with van der Waals surface area (Å²) in [6, 6.07) is 4.22. The van der Waals surface area contributed by atoms with Gasteiger partial charge in [0.2, 0.25) is 11.8 Å². The van der Waals surface area contributed by atoms with Crippen LogP contribution in [0.4, 0.5) is 11.8 Å². The van der Waals surface area contributed by atoms with Crippen molar-refractivity contribution in [2.75, 3.05) is 29.5 Å². The van der Waals surface area contributed by atoms with Crippen LogP contribution in [0.3, 0.4) is 0 Å². The monoisotopic (exact) mass is 386 g/mol. The van der Waals surface area contributed by atoms with Crippen LogP contribution in [0, 0.1) is 0 Å². The molecule has 0 amide bonds. The molecule has 0 saturated carbocycles. The molecule has 7 nitrogen and oxygen atoms in total. The molecule has 0 radical (unpaired) electrons. The molecule has 3 aliphatic rings. The molecule has 0 aromatic carbocycles. The maximum atomic E-state index is 5.88. The Morgan fingerprint density at radius 1 is 0.759 bits per heavy atom. The van der Waals surface area contributed by atoms with Crippen LogP contribution in [-0.2, 0) is 32.4 Å². The SMILES string of the molecule is c1cc2c(cn1)CCN(c1nc3c(c(N4CCc5cnccc5C4)n1)CCO3)C2. The average molecular weight is 386 g/mol. The van der Waals surface area contributed by atoms with Crippen molar-refractivity contribution in [3.05, 3.63) is 64.7 Å². The van der Waals surface area contributed by atoms with E-state index in [1.54, 1.807) is 0 Å². The topological polar surface area (TPSA) is 67.3 Å². The van der Waals surface area contributed by atoms with Gasteiger partial charge in [0.1, 0.15) is 5.82 Å². The van der Waals surface area contributed by atoms with Gasteiger partial charge in [-0.05, 0) is 47.2 Å². The molecule has 7 heteroatoms. The summed E-state index contributed by atoms with van der Waals surface area (Å²) in [5.74, 6) is 2.56. The van der Waals surface area contributed by atoms with E-state index in [2.05, 4.69) is 31.9 Å². The van der Waals surface area contributed by atoms with Gasteiger partial charge in [-0.1, -0.05) is 0 Å². The molecule has 3 aromatic rings. The zero-order chi connectivity index (χ0) is 19.2. The Bertz CT molecular complexity index is 1080. The molecule has 0 bridgehead atoms. The van der Waals surface area contributed by atoms with E-state index in [-0.39, 0.29) is 0 Å². The molecule has 6 rings (SSSR count). The average Bonchev–Trinajstić information content (AvgIpc) is 3.26. The first kappa shape index (κ1) is 16.7. The Hall–Kier alpha value is -3.22. The number of anilines is 2. The number of aromatic nitrogens is 4. The zero-order valence-corrected chi connectivity index (χ0v) is 16.2. The number of hydrogen-bond donors (Lipinski definition) is 0. The van der Waals surface area contributed by atoms with Gasteiger partial charge in [-0.2, -0.15) is 9.97 Å². The quantitative estimate of drug-likeness (QED) is 0.670. The Kier molecular flexibility index (Phi) is 3.85. The summed E-state index contributed by atoms with van der Waals surface area (Å²) in [7, 11) is 0. The standard InChI is InChI=1S/C22H22N6O/c1-6-23-11-15-3-8-27(13-17(1)15)20-19-5-10-29-21(19)26-22(25-20)28-9-4-16-12-24-7-2-18(16)14-28/h1-2,6-7,11-12H,3-5,8-10,13-14H2. The zero-order valence-electron chi connectivity index (χ0n) is 16.2. The third-order valence-corrected chi connectivity index (χ3v) is 6.14. The van der Waals surface area contributed by atoms with Crippen LogP contribution < -0.4 is 14.5 Å². The van der Waals surface area contributed by atoms with Crippen molar-refractivity contribution in [1.82, 2.24) is 19.9 Å². The van der Waals surface area contributed by atoms with Crippen molar-refractivity contribution in [3.63, 3.8) is 0 Å².